The average molecular weight is 477 g/mol. The van der Waals surface area contributed by atoms with Gasteiger partial charge in [0.25, 0.3) is 0 Å². The Morgan fingerprint density at radius 1 is 1.24 bits per heavy atom. The third-order valence-electron chi connectivity index (χ3n) is 3.39. The molecule has 0 atom stereocenters. The van der Waals surface area contributed by atoms with Crippen LogP contribution in [0.1, 0.15) is 12.0 Å². The van der Waals surface area contributed by atoms with Crippen LogP contribution in [0, 0.1) is 5.82 Å². The Labute approximate surface area is 169 Å². The number of hydrogen-bond donors (Lipinski definition) is 2. The number of aromatic nitrogens is 2. The zero-order chi connectivity index (χ0) is 17.0. The number of aliphatic imine (C=N–C) groups is 1. The summed E-state index contributed by atoms with van der Waals surface area (Å²) in [5.41, 5.74) is 0.753. The van der Waals surface area contributed by atoms with Crippen molar-refractivity contribution in [2.45, 2.75) is 18.7 Å². The summed E-state index contributed by atoms with van der Waals surface area (Å²) in [5.74, 6) is 2.24. The molecule has 5 nitrogen and oxygen atoms in total. The highest BCUT2D eigenvalue weighted by Crippen LogP contribution is 2.14. The predicted molar refractivity (Wildman–Crippen MR) is 114 cm³/mol. The molecule has 0 bridgehead atoms. The van der Waals surface area contributed by atoms with Crippen LogP contribution in [0.25, 0.3) is 0 Å². The van der Waals surface area contributed by atoms with Crippen molar-refractivity contribution >= 4 is 41.7 Å². The van der Waals surface area contributed by atoms with Gasteiger partial charge in [-0.25, -0.2) is 4.39 Å². The van der Waals surface area contributed by atoms with Gasteiger partial charge in [0.05, 0.1) is 0 Å². The van der Waals surface area contributed by atoms with Crippen LogP contribution in [-0.4, -0.2) is 41.6 Å². The molecule has 1 aromatic carbocycles. The number of rotatable bonds is 9. The van der Waals surface area contributed by atoms with Gasteiger partial charge in [-0.1, -0.05) is 18.2 Å². The molecule has 0 aliphatic heterocycles. The minimum atomic E-state index is -0.132. The van der Waals surface area contributed by atoms with E-state index in [1.807, 2.05) is 29.1 Å². The second kappa shape index (κ2) is 13.0. The fourth-order valence-corrected chi connectivity index (χ4v) is 2.99. The Bertz CT molecular complexity index is 621. The first-order valence-electron chi connectivity index (χ1n) is 8.02. The van der Waals surface area contributed by atoms with E-state index in [-0.39, 0.29) is 29.8 Å². The van der Waals surface area contributed by atoms with Crippen LogP contribution < -0.4 is 10.6 Å². The van der Waals surface area contributed by atoms with Crippen molar-refractivity contribution in [2.75, 3.05) is 25.9 Å². The Balaban J connectivity index is 0.00000312. The highest BCUT2D eigenvalue weighted by atomic mass is 127. The van der Waals surface area contributed by atoms with Gasteiger partial charge < -0.3 is 10.6 Å². The summed E-state index contributed by atoms with van der Waals surface area (Å²) in [7, 11) is 1.76. The van der Waals surface area contributed by atoms with Gasteiger partial charge in [0.1, 0.15) is 5.82 Å². The smallest absolute Gasteiger partial charge is 0.191 e. The van der Waals surface area contributed by atoms with Crippen LogP contribution >= 0.6 is 35.7 Å². The van der Waals surface area contributed by atoms with Gasteiger partial charge in [-0.05, 0) is 24.1 Å². The maximum absolute atomic E-state index is 13.5. The number of halogens is 2. The summed E-state index contributed by atoms with van der Waals surface area (Å²) < 4.78 is 15.4. The molecule has 0 spiro atoms. The highest BCUT2D eigenvalue weighted by molar-refractivity contribution is 14.0. The molecule has 0 fully saturated rings. The van der Waals surface area contributed by atoms with Gasteiger partial charge in [-0.3, -0.25) is 9.67 Å². The molecule has 0 aliphatic carbocycles. The van der Waals surface area contributed by atoms with E-state index in [1.54, 1.807) is 31.1 Å². The lowest BCUT2D eigenvalue weighted by Gasteiger charge is -2.11. The van der Waals surface area contributed by atoms with Gasteiger partial charge >= 0.3 is 0 Å². The van der Waals surface area contributed by atoms with Gasteiger partial charge in [0.2, 0.25) is 0 Å². The van der Waals surface area contributed by atoms with E-state index in [1.165, 1.54) is 6.07 Å². The van der Waals surface area contributed by atoms with Crippen LogP contribution in [0.15, 0.2) is 47.7 Å². The Morgan fingerprint density at radius 3 is 2.76 bits per heavy atom. The zero-order valence-corrected chi connectivity index (χ0v) is 17.5. The second-order valence-electron chi connectivity index (χ2n) is 5.19. The fourth-order valence-electron chi connectivity index (χ4n) is 2.14. The van der Waals surface area contributed by atoms with E-state index in [0.717, 1.165) is 43.3 Å². The highest BCUT2D eigenvalue weighted by Gasteiger charge is 2.01. The van der Waals surface area contributed by atoms with Gasteiger partial charge in [0.15, 0.2) is 5.96 Å². The lowest BCUT2D eigenvalue weighted by molar-refractivity contribution is 0.570. The first-order chi connectivity index (χ1) is 11.8. The van der Waals surface area contributed by atoms with Gasteiger partial charge in [-0.15, -0.1) is 24.0 Å². The summed E-state index contributed by atoms with van der Waals surface area (Å²) in [6, 6.07) is 8.84. The van der Waals surface area contributed by atoms with Crippen molar-refractivity contribution in [2.24, 2.45) is 4.99 Å². The van der Waals surface area contributed by atoms with E-state index in [9.17, 15) is 4.39 Å². The summed E-state index contributed by atoms with van der Waals surface area (Å²) in [4.78, 5) is 4.20. The maximum atomic E-state index is 13.5. The molecule has 2 aromatic rings. The summed E-state index contributed by atoms with van der Waals surface area (Å²) in [6.07, 6.45) is 4.72. The topological polar surface area (TPSA) is 54.2 Å². The molecule has 138 valence electrons. The van der Waals surface area contributed by atoms with Crippen molar-refractivity contribution in [3.8, 4) is 0 Å². The minimum Gasteiger partial charge on any atom is -0.356 e. The molecular weight excluding hydrogens is 452 g/mol. The molecule has 2 rings (SSSR count). The third kappa shape index (κ3) is 8.57. The third-order valence-corrected chi connectivity index (χ3v) is 4.40. The van der Waals surface area contributed by atoms with Crippen LogP contribution in [0.5, 0.6) is 0 Å². The predicted octanol–water partition coefficient (Wildman–Crippen LogP) is 3.13. The SMILES string of the molecule is CN=C(NCCCn1cccn1)NCCSCc1ccccc1F.I. The number of nitrogens with zero attached hydrogens (tertiary/aromatic N) is 3. The molecule has 25 heavy (non-hydrogen) atoms. The van der Waals surface area contributed by atoms with Crippen LogP contribution in [-0.2, 0) is 12.3 Å². The Morgan fingerprint density at radius 2 is 2.04 bits per heavy atom. The number of aryl methyl sites for hydroxylation is 1. The van der Waals surface area contributed by atoms with E-state index >= 15 is 0 Å². The molecule has 1 heterocycles. The van der Waals surface area contributed by atoms with Crippen molar-refractivity contribution in [3.63, 3.8) is 0 Å². The van der Waals surface area contributed by atoms with Crippen LogP contribution in [0.4, 0.5) is 4.39 Å². The zero-order valence-electron chi connectivity index (χ0n) is 14.3. The largest absolute Gasteiger partial charge is 0.356 e. The lowest BCUT2D eigenvalue weighted by Crippen LogP contribution is -2.39. The van der Waals surface area contributed by atoms with Crippen molar-refractivity contribution < 1.29 is 4.39 Å². The van der Waals surface area contributed by atoms with Gasteiger partial charge in [-0.2, -0.15) is 16.9 Å². The molecular formula is C17H25FIN5S. The van der Waals surface area contributed by atoms with Crippen LogP contribution in [0.2, 0.25) is 0 Å². The van der Waals surface area contributed by atoms with Crippen molar-refractivity contribution in [1.29, 1.82) is 0 Å². The standard InChI is InChI=1S/C17H24FN5S.HI/c1-19-17(20-8-4-11-23-12-5-9-22-23)21-10-13-24-14-15-6-2-3-7-16(15)18;/h2-3,5-7,9,12H,4,8,10-11,13-14H2,1H3,(H2,19,20,21);1H. The molecule has 0 saturated carbocycles. The van der Waals surface area contributed by atoms with E-state index in [0.29, 0.717) is 5.75 Å². The summed E-state index contributed by atoms with van der Waals surface area (Å²) >= 11 is 1.70. The number of benzene rings is 1. The second-order valence-corrected chi connectivity index (χ2v) is 6.30. The van der Waals surface area contributed by atoms with E-state index in [4.69, 9.17) is 0 Å². The molecule has 0 radical (unpaired) electrons. The normalized spacial score (nSPS) is 11.0. The van der Waals surface area contributed by atoms with E-state index in [2.05, 4.69) is 20.7 Å². The molecule has 1 aromatic heterocycles. The molecule has 2 N–H and O–H groups in total. The molecule has 8 heteroatoms. The fraction of sp³-hybridized carbons (Fsp3) is 0.412. The summed E-state index contributed by atoms with van der Waals surface area (Å²) in [6.45, 7) is 2.51. The van der Waals surface area contributed by atoms with Crippen molar-refractivity contribution in [1.82, 2.24) is 20.4 Å². The van der Waals surface area contributed by atoms with Gasteiger partial charge in [0, 0.05) is 50.6 Å². The van der Waals surface area contributed by atoms with Crippen molar-refractivity contribution in [3.05, 3.63) is 54.1 Å². The van der Waals surface area contributed by atoms with E-state index < -0.39 is 0 Å². The monoisotopic (exact) mass is 477 g/mol. The Kier molecular flexibility index (Phi) is 11.3. The number of guanidine groups is 1. The first kappa shape index (κ1) is 21.8. The first-order valence-corrected chi connectivity index (χ1v) is 9.18. The average Bonchev–Trinajstić information content (AvgIpc) is 3.11. The van der Waals surface area contributed by atoms with Crippen LogP contribution in [0.3, 0.4) is 0 Å². The summed E-state index contributed by atoms with van der Waals surface area (Å²) in [5, 5.41) is 10.7. The maximum Gasteiger partial charge on any atom is 0.191 e. The number of hydrogen-bond acceptors (Lipinski definition) is 3. The molecule has 0 aliphatic rings. The molecule has 0 unspecified atom stereocenters. The number of nitrogens with one attached hydrogen (secondary N) is 2. The quantitative estimate of drug-likeness (QED) is 0.252. The Hall–Kier alpha value is -1.29. The number of thioether (sulfide) groups is 1. The lowest BCUT2D eigenvalue weighted by atomic mass is 10.2. The molecule has 0 amide bonds. The minimum absolute atomic E-state index is 0. The molecule has 0 saturated heterocycles.